The van der Waals surface area contributed by atoms with Gasteiger partial charge in [0.15, 0.2) is 0 Å². The predicted octanol–water partition coefficient (Wildman–Crippen LogP) is 7.57. The van der Waals surface area contributed by atoms with E-state index in [9.17, 15) is 9.59 Å². The van der Waals surface area contributed by atoms with Crippen molar-refractivity contribution in [3.05, 3.63) is 103 Å². The lowest BCUT2D eigenvalue weighted by Gasteiger charge is -2.12. The molecule has 0 N–H and O–H groups in total. The fraction of sp³-hybridized carbons (Fsp3) is 0.0833. The number of hydrogen-bond acceptors (Lipinski definition) is 4. The minimum absolute atomic E-state index is 0.227. The Labute approximate surface area is 208 Å². The molecule has 0 atom stereocenters. The molecule has 8 heteroatoms. The smallest absolute Gasteiger partial charge is 0.293 e. The van der Waals surface area contributed by atoms with Gasteiger partial charge in [-0.05, 0) is 59.3 Å². The van der Waals surface area contributed by atoms with E-state index < -0.39 is 0 Å². The van der Waals surface area contributed by atoms with Gasteiger partial charge in [0, 0.05) is 10.0 Å². The average Bonchev–Trinajstić information content (AvgIpc) is 3.04. The van der Waals surface area contributed by atoms with Crippen molar-refractivity contribution in [3.8, 4) is 5.75 Å². The third-order valence-corrected chi connectivity index (χ3v) is 6.89. The summed E-state index contributed by atoms with van der Waals surface area (Å²) in [6.07, 6.45) is 1.69. The second-order valence-electron chi connectivity index (χ2n) is 6.97. The minimum Gasteiger partial charge on any atom is -0.488 e. The highest BCUT2D eigenvalue weighted by Crippen LogP contribution is 2.35. The summed E-state index contributed by atoms with van der Waals surface area (Å²) in [5.41, 5.74) is 2.45. The number of carbonyl (C=O) groups is 2. The summed E-state index contributed by atoms with van der Waals surface area (Å²) in [6, 6.07) is 20.2. The van der Waals surface area contributed by atoms with E-state index in [0.29, 0.717) is 26.3 Å². The first-order valence-corrected chi connectivity index (χ1v) is 11.9. The van der Waals surface area contributed by atoms with E-state index >= 15 is 0 Å². The Morgan fingerprint density at radius 2 is 1.66 bits per heavy atom. The molecule has 1 fully saturated rings. The molecule has 0 unspecified atom stereocenters. The third-order valence-electron chi connectivity index (χ3n) is 4.71. The monoisotopic (exact) mass is 547 g/mol. The molecule has 4 rings (SSSR count). The van der Waals surface area contributed by atoms with Gasteiger partial charge in [-0.1, -0.05) is 75.5 Å². The van der Waals surface area contributed by atoms with Crippen molar-refractivity contribution in [1.82, 2.24) is 4.90 Å². The maximum Gasteiger partial charge on any atom is 0.293 e. The number of hydrogen-bond donors (Lipinski definition) is 0. The summed E-state index contributed by atoms with van der Waals surface area (Å²) in [4.78, 5) is 27.0. The molecule has 1 saturated heterocycles. The highest BCUT2D eigenvalue weighted by Gasteiger charge is 2.35. The number of amides is 2. The SMILES string of the molecule is O=C1S/C(=C\c2ccccc2OCc2ccc(Cl)c(Cl)c2)C(=O)N1Cc1ccc(Br)cc1. The molecule has 0 bridgehead atoms. The fourth-order valence-electron chi connectivity index (χ4n) is 3.07. The van der Waals surface area contributed by atoms with E-state index in [0.717, 1.165) is 27.4 Å². The molecule has 1 heterocycles. The van der Waals surface area contributed by atoms with Crippen molar-refractivity contribution in [3.63, 3.8) is 0 Å². The van der Waals surface area contributed by atoms with Crippen molar-refractivity contribution in [2.75, 3.05) is 0 Å². The van der Waals surface area contributed by atoms with Crippen molar-refractivity contribution in [2.24, 2.45) is 0 Å². The van der Waals surface area contributed by atoms with Crippen molar-refractivity contribution < 1.29 is 14.3 Å². The van der Waals surface area contributed by atoms with Crippen LogP contribution in [0.3, 0.4) is 0 Å². The molecule has 162 valence electrons. The van der Waals surface area contributed by atoms with Crippen LogP contribution in [0.4, 0.5) is 4.79 Å². The van der Waals surface area contributed by atoms with Crippen LogP contribution in [0, 0.1) is 0 Å². The van der Waals surface area contributed by atoms with Gasteiger partial charge < -0.3 is 4.74 Å². The molecule has 0 aliphatic carbocycles. The molecular weight excluding hydrogens is 533 g/mol. The van der Waals surface area contributed by atoms with Crippen LogP contribution in [-0.4, -0.2) is 16.0 Å². The normalized spacial score (nSPS) is 15.0. The van der Waals surface area contributed by atoms with E-state index in [-0.39, 0.29) is 24.3 Å². The Hall–Kier alpha value is -2.25. The predicted molar refractivity (Wildman–Crippen MR) is 133 cm³/mol. The average molecular weight is 549 g/mol. The van der Waals surface area contributed by atoms with E-state index in [1.54, 1.807) is 18.2 Å². The lowest BCUT2D eigenvalue weighted by molar-refractivity contribution is -0.123. The van der Waals surface area contributed by atoms with Gasteiger partial charge in [0.2, 0.25) is 0 Å². The maximum atomic E-state index is 12.9. The van der Waals surface area contributed by atoms with Crippen LogP contribution in [-0.2, 0) is 17.9 Å². The lowest BCUT2D eigenvalue weighted by Crippen LogP contribution is -2.27. The largest absolute Gasteiger partial charge is 0.488 e. The summed E-state index contributed by atoms with van der Waals surface area (Å²) < 4.78 is 6.89. The molecule has 3 aromatic rings. The van der Waals surface area contributed by atoms with Crippen LogP contribution in [0.25, 0.3) is 6.08 Å². The lowest BCUT2D eigenvalue weighted by atomic mass is 10.1. The number of nitrogens with zero attached hydrogens (tertiary/aromatic N) is 1. The van der Waals surface area contributed by atoms with Gasteiger partial charge in [0.05, 0.1) is 21.5 Å². The van der Waals surface area contributed by atoms with Gasteiger partial charge >= 0.3 is 0 Å². The van der Waals surface area contributed by atoms with E-state index in [4.69, 9.17) is 27.9 Å². The zero-order valence-electron chi connectivity index (χ0n) is 16.6. The number of para-hydroxylation sites is 1. The fourth-order valence-corrected chi connectivity index (χ4v) is 4.49. The summed E-state index contributed by atoms with van der Waals surface area (Å²) in [7, 11) is 0. The number of ether oxygens (including phenoxy) is 1. The van der Waals surface area contributed by atoms with Crippen LogP contribution < -0.4 is 4.74 Å². The van der Waals surface area contributed by atoms with Crippen LogP contribution >= 0.6 is 50.9 Å². The summed E-state index contributed by atoms with van der Waals surface area (Å²) in [5, 5.41) is 0.647. The first kappa shape index (κ1) is 22.9. The van der Waals surface area contributed by atoms with E-state index in [1.165, 1.54) is 4.90 Å². The highest BCUT2D eigenvalue weighted by atomic mass is 79.9. The van der Waals surface area contributed by atoms with E-state index in [1.807, 2.05) is 54.6 Å². The van der Waals surface area contributed by atoms with Crippen LogP contribution in [0.15, 0.2) is 76.1 Å². The Morgan fingerprint density at radius 3 is 2.41 bits per heavy atom. The van der Waals surface area contributed by atoms with Gasteiger partial charge in [0.1, 0.15) is 12.4 Å². The first-order valence-electron chi connectivity index (χ1n) is 9.56. The zero-order valence-corrected chi connectivity index (χ0v) is 20.5. The number of benzene rings is 3. The van der Waals surface area contributed by atoms with Crippen LogP contribution in [0.1, 0.15) is 16.7 Å². The number of rotatable bonds is 6. The Kier molecular flexibility index (Phi) is 7.26. The van der Waals surface area contributed by atoms with Gasteiger partial charge in [-0.25, -0.2) is 0 Å². The molecule has 0 spiro atoms. The molecule has 0 saturated carbocycles. The zero-order chi connectivity index (χ0) is 22.7. The van der Waals surface area contributed by atoms with Gasteiger partial charge in [0.25, 0.3) is 11.1 Å². The number of imide groups is 1. The highest BCUT2D eigenvalue weighted by molar-refractivity contribution is 9.10. The number of thioether (sulfide) groups is 1. The number of halogens is 3. The van der Waals surface area contributed by atoms with Gasteiger partial charge in [-0.3, -0.25) is 14.5 Å². The molecule has 1 aliphatic rings. The van der Waals surface area contributed by atoms with Crippen molar-refractivity contribution in [2.45, 2.75) is 13.2 Å². The second-order valence-corrected chi connectivity index (χ2v) is 9.69. The Bertz CT molecular complexity index is 1210. The van der Waals surface area contributed by atoms with Crippen molar-refractivity contribution in [1.29, 1.82) is 0 Å². The second kappa shape index (κ2) is 10.1. The molecule has 0 aromatic heterocycles. The molecule has 32 heavy (non-hydrogen) atoms. The minimum atomic E-state index is -0.317. The quantitative estimate of drug-likeness (QED) is 0.298. The van der Waals surface area contributed by atoms with Gasteiger partial charge in [-0.2, -0.15) is 0 Å². The van der Waals surface area contributed by atoms with E-state index in [2.05, 4.69) is 15.9 Å². The topological polar surface area (TPSA) is 46.6 Å². The standard InChI is InChI=1S/C24H16BrCl2NO3S/c25-18-8-5-15(6-9-18)13-28-23(29)22(32-24(28)30)12-17-3-1-2-4-21(17)31-14-16-7-10-19(26)20(27)11-16/h1-12H,13-14H2/b22-12-. The molecule has 2 amide bonds. The Balaban J connectivity index is 1.51. The summed E-state index contributed by atoms with van der Waals surface area (Å²) in [6.45, 7) is 0.511. The third kappa shape index (κ3) is 5.38. The van der Waals surface area contributed by atoms with Crippen LogP contribution in [0.5, 0.6) is 5.75 Å². The summed E-state index contributed by atoms with van der Waals surface area (Å²) in [5.74, 6) is 0.278. The first-order chi connectivity index (χ1) is 15.4. The van der Waals surface area contributed by atoms with Crippen molar-refractivity contribution >= 4 is 68.1 Å². The molecule has 3 aromatic carbocycles. The number of carbonyl (C=O) groups excluding carboxylic acids is 2. The maximum absolute atomic E-state index is 12.9. The van der Waals surface area contributed by atoms with Gasteiger partial charge in [-0.15, -0.1) is 0 Å². The summed E-state index contributed by atoms with van der Waals surface area (Å²) >= 11 is 16.3. The molecule has 0 radical (unpaired) electrons. The molecule has 4 nitrogen and oxygen atoms in total. The van der Waals surface area contributed by atoms with Crippen LogP contribution in [0.2, 0.25) is 10.0 Å². The molecule has 1 aliphatic heterocycles. The Morgan fingerprint density at radius 1 is 0.938 bits per heavy atom. The molecular formula is C24H16BrCl2NO3S.